The molecule has 0 aliphatic heterocycles. The van der Waals surface area contributed by atoms with Crippen LogP contribution >= 0.6 is 11.6 Å². The fourth-order valence-corrected chi connectivity index (χ4v) is 1.80. The standard InChI is InChI=1S/C14H13ClN2O2/c15-12-3-1-2-11(13(12)16)14(19)17-10-6-4-9(8-18)5-7-10/h1-7,18H,8,16H2,(H,17,19). The Morgan fingerprint density at radius 1 is 1.21 bits per heavy atom. The number of hydrogen-bond acceptors (Lipinski definition) is 3. The van der Waals surface area contributed by atoms with Gasteiger partial charge in [-0.1, -0.05) is 29.8 Å². The average Bonchev–Trinajstić information content (AvgIpc) is 2.42. The summed E-state index contributed by atoms with van der Waals surface area (Å²) >= 11 is 5.87. The summed E-state index contributed by atoms with van der Waals surface area (Å²) in [5.74, 6) is -0.322. The molecule has 0 heterocycles. The lowest BCUT2D eigenvalue weighted by Gasteiger charge is -2.08. The number of aliphatic hydroxyl groups is 1. The van der Waals surface area contributed by atoms with E-state index >= 15 is 0 Å². The van der Waals surface area contributed by atoms with Gasteiger partial charge in [-0.3, -0.25) is 4.79 Å². The van der Waals surface area contributed by atoms with E-state index in [1.165, 1.54) is 0 Å². The van der Waals surface area contributed by atoms with Crippen LogP contribution in [0.4, 0.5) is 11.4 Å². The highest BCUT2D eigenvalue weighted by Crippen LogP contribution is 2.23. The molecule has 1 amide bonds. The second-order valence-corrected chi connectivity index (χ2v) is 4.42. The number of benzene rings is 2. The van der Waals surface area contributed by atoms with E-state index in [9.17, 15) is 4.79 Å². The molecule has 0 saturated heterocycles. The van der Waals surface area contributed by atoms with Crippen molar-refractivity contribution >= 4 is 28.9 Å². The minimum Gasteiger partial charge on any atom is -0.397 e. The van der Waals surface area contributed by atoms with Crippen LogP contribution in [0.3, 0.4) is 0 Å². The van der Waals surface area contributed by atoms with Gasteiger partial charge in [0, 0.05) is 5.69 Å². The van der Waals surface area contributed by atoms with E-state index < -0.39 is 0 Å². The summed E-state index contributed by atoms with van der Waals surface area (Å²) in [6.45, 7) is -0.0323. The average molecular weight is 277 g/mol. The van der Waals surface area contributed by atoms with Crippen molar-refractivity contribution in [2.45, 2.75) is 6.61 Å². The van der Waals surface area contributed by atoms with Crippen molar-refractivity contribution in [2.24, 2.45) is 0 Å². The first-order valence-corrected chi connectivity index (χ1v) is 6.04. The van der Waals surface area contributed by atoms with Crippen molar-refractivity contribution in [1.29, 1.82) is 0 Å². The second-order valence-electron chi connectivity index (χ2n) is 4.01. The number of nitrogens with two attached hydrogens (primary N) is 1. The summed E-state index contributed by atoms with van der Waals surface area (Å²) in [6.07, 6.45) is 0. The number of para-hydroxylation sites is 1. The molecule has 0 aromatic heterocycles. The number of carbonyl (C=O) groups excluding carboxylic acids is 1. The van der Waals surface area contributed by atoms with Crippen molar-refractivity contribution in [3.63, 3.8) is 0 Å². The Hall–Kier alpha value is -2.04. The second kappa shape index (κ2) is 5.73. The monoisotopic (exact) mass is 276 g/mol. The number of nitrogens with one attached hydrogen (secondary N) is 1. The molecule has 2 rings (SSSR count). The smallest absolute Gasteiger partial charge is 0.257 e. The number of carbonyl (C=O) groups is 1. The molecule has 0 aliphatic carbocycles. The number of amides is 1. The first-order valence-electron chi connectivity index (χ1n) is 5.67. The van der Waals surface area contributed by atoms with E-state index in [1.807, 2.05) is 0 Å². The lowest BCUT2D eigenvalue weighted by molar-refractivity contribution is 0.102. The Balaban J connectivity index is 2.18. The normalized spacial score (nSPS) is 10.2. The summed E-state index contributed by atoms with van der Waals surface area (Å²) in [5, 5.41) is 12.0. The Morgan fingerprint density at radius 3 is 2.53 bits per heavy atom. The van der Waals surface area contributed by atoms with Crippen LogP contribution < -0.4 is 11.1 Å². The van der Waals surface area contributed by atoms with Crippen molar-refractivity contribution in [3.8, 4) is 0 Å². The lowest BCUT2D eigenvalue weighted by atomic mass is 10.1. The minimum atomic E-state index is -0.322. The van der Waals surface area contributed by atoms with Crippen molar-refractivity contribution in [1.82, 2.24) is 0 Å². The molecule has 0 bridgehead atoms. The zero-order chi connectivity index (χ0) is 13.8. The Kier molecular flexibility index (Phi) is 4.04. The van der Waals surface area contributed by atoms with Crippen LogP contribution in [0, 0.1) is 0 Å². The fourth-order valence-electron chi connectivity index (χ4n) is 1.63. The summed E-state index contributed by atoms with van der Waals surface area (Å²) in [4.78, 5) is 12.0. The third kappa shape index (κ3) is 3.05. The first kappa shape index (κ1) is 13.4. The largest absolute Gasteiger partial charge is 0.397 e. The Labute approximate surface area is 115 Å². The molecular weight excluding hydrogens is 264 g/mol. The number of aliphatic hydroxyl groups excluding tert-OH is 1. The molecule has 0 spiro atoms. The Bertz CT molecular complexity index is 597. The van der Waals surface area contributed by atoms with Gasteiger partial charge in [-0.25, -0.2) is 0 Å². The first-order chi connectivity index (χ1) is 9.11. The molecule has 0 radical (unpaired) electrons. The van der Waals surface area contributed by atoms with Crippen LogP contribution in [-0.4, -0.2) is 11.0 Å². The number of hydrogen-bond donors (Lipinski definition) is 3. The highest BCUT2D eigenvalue weighted by molar-refractivity contribution is 6.34. The molecule has 2 aromatic rings. The molecule has 4 N–H and O–H groups in total. The molecule has 19 heavy (non-hydrogen) atoms. The molecule has 4 nitrogen and oxygen atoms in total. The predicted octanol–water partition coefficient (Wildman–Crippen LogP) is 2.67. The maximum absolute atomic E-state index is 12.0. The minimum absolute atomic E-state index is 0.0323. The van der Waals surface area contributed by atoms with Gasteiger partial charge in [-0.05, 0) is 29.8 Å². The Morgan fingerprint density at radius 2 is 1.89 bits per heavy atom. The van der Waals surface area contributed by atoms with Crippen LogP contribution in [0.2, 0.25) is 5.02 Å². The lowest BCUT2D eigenvalue weighted by Crippen LogP contribution is -2.14. The van der Waals surface area contributed by atoms with E-state index in [1.54, 1.807) is 42.5 Å². The predicted molar refractivity (Wildman–Crippen MR) is 76.2 cm³/mol. The van der Waals surface area contributed by atoms with Gasteiger partial charge < -0.3 is 16.2 Å². The van der Waals surface area contributed by atoms with Crippen LogP contribution in [0.25, 0.3) is 0 Å². The summed E-state index contributed by atoms with van der Waals surface area (Å²) < 4.78 is 0. The quantitative estimate of drug-likeness (QED) is 0.755. The number of halogens is 1. The molecular formula is C14H13ClN2O2. The molecule has 98 valence electrons. The van der Waals surface area contributed by atoms with Gasteiger partial charge in [-0.15, -0.1) is 0 Å². The highest BCUT2D eigenvalue weighted by atomic mass is 35.5. The van der Waals surface area contributed by atoms with Gasteiger partial charge >= 0.3 is 0 Å². The molecule has 0 saturated carbocycles. The molecule has 5 heteroatoms. The maximum Gasteiger partial charge on any atom is 0.257 e. The van der Waals surface area contributed by atoms with E-state index in [-0.39, 0.29) is 18.2 Å². The fraction of sp³-hybridized carbons (Fsp3) is 0.0714. The van der Waals surface area contributed by atoms with E-state index in [4.69, 9.17) is 22.4 Å². The summed E-state index contributed by atoms with van der Waals surface area (Å²) in [5.41, 5.74) is 7.75. The topological polar surface area (TPSA) is 75.4 Å². The SMILES string of the molecule is Nc1c(Cl)cccc1C(=O)Nc1ccc(CO)cc1. The van der Waals surface area contributed by atoms with Crippen molar-refractivity contribution in [2.75, 3.05) is 11.1 Å². The van der Waals surface area contributed by atoms with Gasteiger partial charge in [0.1, 0.15) is 0 Å². The van der Waals surface area contributed by atoms with Gasteiger partial charge in [0.25, 0.3) is 5.91 Å². The van der Waals surface area contributed by atoms with Crippen molar-refractivity contribution < 1.29 is 9.90 Å². The van der Waals surface area contributed by atoms with Gasteiger partial charge in [0.15, 0.2) is 0 Å². The maximum atomic E-state index is 12.0. The zero-order valence-corrected chi connectivity index (χ0v) is 10.8. The van der Waals surface area contributed by atoms with Crippen LogP contribution in [0.1, 0.15) is 15.9 Å². The number of nitrogen functional groups attached to an aromatic ring is 1. The zero-order valence-electron chi connectivity index (χ0n) is 10.1. The van der Waals surface area contributed by atoms with E-state index in [0.717, 1.165) is 5.56 Å². The third-order valence-corrected chi connectivity index (χ3v) is 3.02. The molecule has 2 aromatic carbocycles. The van der Waals surface area contributed by atoms with Crippen molar-refractivity contribution in [3.05, 3.63) is 58.6 Å². The summed E-state index contributed by atoms with van der Waals surface area (Å²) in [7, 11) is 0. The van der Waals surface area contributed by atoms with Crippen LogP contribution in [0.5, 0.6) is 0 Å². The molecule has 0 fully saturated rings. The highest BCUT2D eigenvalue weighted by Gasteiger charge is 2.11. The molecule has 0 unspecified atom stereocenters. The van der Waals surface area contributed by atoms with E-state index in [0.29, 0.717) is 16.3 Å². The van der Waals surface area contributed by atoms with Crippen LogP contribution in [0.15, 0.2) is 42.5 Å². The van der Waals surface area contributed by atoms with Gasteiger partial charge in [0.2, 0.25) is 0 Å². The molecule has 0 atom stereocenters. The van der Waals surface area contributed by atoms with E-state index in [2.05, 4.69) is 5.32 Å². The summed E-state index contributed by atoms with van der Waals surface area (Å²) in [6, 6.07) is 11.8. The van der Waals surface area contributed by atoms with Gasteiger partial charge in [0.05, 0.1) is 22.9 Å². The van der Waals surface area contributed by atoms with Crippen LogP contribution in [-0.2, 0) is 6.61 Å². The number of rotatable bonds is 3. The number of anilines is 2. The third-order valence-electron chi connectivity index (χ3n) is 2.69. The van der Waals surface area contributed by atoms with Gasteiger partial charge in [-0.2, -0.15) is 0 Å². The molecule has 0 aliphatic rings.